The van der Waals surface area contributed by atoms with E-state index in [1.165, 1.54) is 0 Å². The summed E-state index contributed by atoms with van der Waals surface area (Å²) >= 11 is 0. The molecule has 0 saturated carbocycles. The van der Waals surface area contributed by atoms with Crippen LogP contribution in [0.4, 0.5) is 0 Å². The fraction of sp³-hybridized carbons (Fsp3) is 0.333. The highest BCUT2D eigenvalue weighted by Crippen LogP contribution is 2.18. The molecular formula is C30H36N2O3. The number of hydrogen-bond donors (Lipinski definition) is 1. The number of amides is 2. The van der Waals surface area contributed by atoms with Crippen LogP contribution in [0.1, 0.15) is 42.0 Å². The van der Waals surface area contributed by atoms with Crippen molar-refractivity contribution >= 4 is 11.8 Å². The van der Waals surface area contributed by atoms with Gasteiger partial charge in [-0.25, -0.2) is 0 Å². The first-order chi connectivity index (χ1) is 17.0. The second-order valence-electron chi connectivity index (χ2n) is 8.89. The van der Waals surface area contributed by atoms with E-state index in [2.05, 4.69) is 18.3 Å². The molecule has 1 atom stereocenters. The van der Waals surface area contributed by atoms with E-state index in [1.54, 1.807) is 12.0 Å². The van der Waals surface area contributed by atoms with E-state index in [0.29, 0.717) is 19.5 Å². The smallest absolute Gasteiger partial charge is 0.243 e. The second kappa shape index (κ2) is 13.3. The summed E-state index contributed by atoms with van der Waals surface area (Å²) in [6.07, 6.45) is 2.57. The Morgan fingerprint density at radius 3 is 2.29 bits per heavy atom. The van der Waals surface area contributed by atoms with Crippen molar-refractivity contribution in [3.8, 4) is 5.75 Å². The largest absolute Gasteiger partial charge is 0.497 e. The van der Waals surface area contributed by atoms with Crippen LogP contribution in [0.2, 0.25) is 0 Å². The molecule has 184 valence electrons. The summed E-state index contributed by atoms with van der Waals surface area (Å²) in [5, 5.41) is 3.07. The lowest BCUT2D eigenvalue weighted by molar-refractivity contribution is -0.140. The summed E-state index contributed by atoms with van der Waals surface area (Å²) in [4.78, 5) is 28.9. The molecule has 0 spiro atoms. The minimum absolute atomic E-state index is 0.0803. The van der Waals surface area contributed by atoms with Gasteiger partial charge in [0.1, 0.15) is 11.8 Å². The number of unbranched alkanes of at least 4 members (excludes halogenated alkanes) is 1. The predicted octanol–water partition coefficient (Wildman–Crippen LogP) is 5.10. The fourth-order valence-corrected chi connectivity index (χ4v) is 4.09. The van der Waals surface area contributed by atoms with Gasteiger partial charge in [0.2, 0.25) is 11.8 Å². The highest BCUT2D eigenvalue weighted by atomic mass is 16.5. The molecular weight excluding hydrogens is 436 g/mol. The summed E-state index contributed by atoms with van der Waals surface area (Å²) in [6.45, 7) is 5.10. The first-order valence-electron chi connectivity index (χ1n) is 12.3. The van der Waals surface area contributed by atoms with Gasteiger partial charge in [-0.2, -0.15) is 0 Å². The average molecular weight is 473 g/mol. The van der Waals surface area contributed by atoms with Crippen molar-refractivity contribution in [3.05, 3.63) is 101 Å². The lowest BCUT2D eigenvalue weighted by atomic mass is 10.0. The zero-order valence-electron chi connectivity index (χ0n) is 21.0. The van der Waals surface area contributed by atoms with Gasteiger partial charge in [-0.05, 0) is 42.2 Å². The SMILES string of the molecule is CCCCNC(=O)[C@@H](Cc1ccccc1)N(Cc1cccc(C)c1)C(=O)Cc1ccc(OC)cc1. The van der Waals surface area contributed by atoms with E-state index in [1.807, 2.05) is 79.7 Å². The second-order valence-corrected chi connectivity index (χ2v) is 8.89. The van der Waals surface area contributed by atoms with E-state index in [4.69, 9.17) is 4.74 Å². The monoisotopic (exact) mass is 472 g/mol. The molecule has 0 aliphatic carbocycles. The van der Waals surface area contributed by atoms with Crippen LogP contribution in [0.3, 0.4) is 0 Å². The maximum absolute atomic E-state index is 13.7. The van der Waals surface area contributed by atoms with Crippen molar-refractivity contribution in [2.75, 3.05) is 13.7 Å². The number of hydrogen-bond acceptors (Lipinski definition) is 3. The first-order valence-corrected chi connectivity index (χ1v) is 12.3. The van der Waals surface area contributed by atoms with Crippen LogP contribution in [0.25, 0.3) is 0 Å². The van der Waals surface area contributed by atoms with Crippen molar-refractivity contribution in [1.82, 2.24) is 10.2 Å². The van der Waals surface area contributed by atoms with E-state index in [9.17, 15) is 9.59 Å². The van der Waals surface area contributed by atoms with Gasteiger partial charge in [-0.15, -0.1) is 0 Å². The Bertz CT molecular complexity index is 1080. The third-order valence-corrected chi connectivity index (χ3v) is 6.05. The van der Waals surface area contributed by atoms with E-state index in [-0.39, 0.29) is 18.2 Å². The Hall–Kier alpha value is -3.60. The topological polar surface area (TPSA) is 58.6 Å². The number of benzene rings is 3. The molecule has 1 N–H and O–H groups in total. The average Bonchev–Trinajstić information content (AvgIpc) is 2.87. The normalized spacial score (nSPS) is 11.5. The zero-order valence-corrected chi connectivity index (χ0v) is 21.0. The number of ether oxygens (including phenoxy) is 1. The lowest BCUT2D eigenvalue weighted by Gasteiger charge is -2.32. The number of methoxy groups -OCH3 is 1. The van der Waals surface area contributed by atoms with Gasteiger partial charge in [0.05, 0.1) is 13.5 Å². The molecule has 0 heterocycles. The number of carbonyl (C=O) groups is 2. The molecule has 0 aromatic heterocycles. The first kappa shape index (κ1) is 26.0. The van der Waals surface area contributed by atoms with Gasteiger partial charge in [0.25, 0.3) is 0 Å². The number of aryl methyl sites for hydroxylation is 1. The highest BCUT2D eigenvalue weighted by molar-refractivity contribution is 5.88. The highest BCUT2D eigenvalue weighted by Gasteiger charge is 2.30. The molecule has 0 aliphatic heterocycles. The van der Waals surface area contributed by atoms with Gasteiger partial charge < -0.3 is 15.0 Å². The van der Waals surface area contributed by atoms with Crippen LogP contribution in [0.15, 0.2) is 78.9 Å². The van der Waals surface area contributed by atoms with Crippen LogP contribution in [-0.2, 0) is 29.0 Å². The van der Waals surface area contributed by atoms with Crippen LogP contribution >= 0.6 is 0 Å². The minimum atomic E-state index is -0.611. The Balaban J connectivity index is 1.92. The zero-order chi connectivity index (χ0) is 25.0. The summed E-state index contributed by atoms with van der Waals surface area (Å²) < 4.78 is 5.25. The third kappa shape index (κ3) is 7.99. The molecule has 35 heavy (non-hydrogen) atoms. The van der Waals surface area contributed by atoms with Crippen LogP contribution in [0.5, 0.6) is 5.75 Å². The molecule has 2 amide bonds. The number of nitrogens with zero attached hydrogens (tertiary/aromatic N) is 1. The Morgan fingerprint density at radius 2 is 1.63 bits per heavy atom. The van der Waals surface area contributed by atoms with Crippen molar-refractivity contribution in [2.45, 2.75) is 52.1 Å². The quantitative estimate of drug-likeness (QED) is 0.373. The van der Waals surface area contributed by atoms with Crippen LogP contribution in [-0.4, -0.2) is 36.4 Å². The molecule has 0 fully saturated rings. The molecule has 0 radical (unpaired) electrons. The van der Waals surface area contributed by atoms with Crippen molar-refractivity contribution in [2.24, 2.45) is 0 Å². The molecule has 0 saturated heterocycles. The molecule has 0 bridgehead atoms. The Kier molecular flexibility index (Phi) is 9.91. The molecule has 3 aromatic rings. The summed E-state index contributed by atoms with van der Waals surface area (Å²) in [6, 6.07) is 24.9. The molecule has 3 aromatic carbocycles. The Morgan fingerprint density at radius 1 is 0.914 bits per heavy atom. The van der Waals surface area contributed by atoms with Gasteiger partial charge >= 0.3 is 0 Å². The summed E-state index contributed by atoms with van der Waals surface area (Å²) in [5.41, 5.74) is 4.04. The van der Waals surface area contributed by atoms with Gasteiger partial charge in [-0.3, -0.25) is 9.59 Å². The lowest BCUT2D eigenvalue weighted by Crippen LogP contribution is -2.51. The summed E-state index contributed by atoms with van der Waals surface area (Å²) in [5.74, 6) is 0.552. The molecule has 0 aliphatic rings. The fourth-order valence-electron chi connectivity index (χ4n) is 4.09. The molecule has 3 rings (SSSR count). The van der Waals surface area contributed by atoms with Crippen molar-refractivity contribution < 1.29 is 14.3 Å². The standard InChI is InChI=1S/C30H36N2O3/c1-4-5-18-31-30(34)28(20-24-11-7-6-8-12-24)32(22-26-13-9-10-23(2)19-26)29(33)21-25-14-16-27(35-3)17-15-25/h6-17,19,28H,4-5,18,20-22H2,1-3H3,(H,31,34)/t28-/m1/s1. The van der Waals surface area contributed by atoms with E-state index < -0.39 is 6.04 Å². The maximum atomic E-state index is 13.7. The predicted molar refractivity (Wildman–Crippen MR) is 140 cm³/mol. The van der Waals surface area contributed by atoms with Gasteiger partial charge in [0.15, 0.2) is 0 Å². The minimum Gasteiger partial charge on any atom is -0.497 e. The van der Waals surface area contributed by atoms with E-state index in [0.717, 1.165) is 40.8 Å². The Labute approximate surface area is 209 Å². The van der Waals surface area contributed by atoms with Gasteiger partial charge in [0, 0.05) is 19.5 Å². The van der Waals surface area contributed by atoms with Crippen molar-refractivity contribution in [3.63, 3.8) is 0 Å². The number of nitrogens with one attached hydrogen (secondary N) is 1. The number of rotatable bonds is 12. The van der Waals surface area contributed by atoms with E-state index >= 15 is 0 Å². The third-order valence-electron chi connectivity index (χ3n) is 6.05. The van der Waals surface area contributed by atoms with Crippen molar-refractivity contribution in [1.29, 1.82) is 0 Å². The van der Waals surface area contributed by atoms with Crippen LogP contribution in [0, 0.1) is 6.92 Å². The molecule has 5 heteroatoms. The van der Waals surface area contributed by atoms with Gasteiger partial charge in [-0.1, -0.05) is 85.6 Å². The molecule has 5 nitrogen and oxygen atoms in total. The van der Waals surface area contributed by atoms with Crippen LogP contribution < -0.4 is 10.1 Å². The number of carbonyl (C=O) groups excluding carboxylic acids is 2. The molecule has 0 unspecified atom stereocenters. The summed E-state index contributed by atoms with van der Waals surface area (Å²) in [7, 11) is 1.62. The maximum Gasteiger partial charge on any atom is 0.243 e.